The highest BCUT2D eigenvalue weighted by atomic mass is 16.6. The molecule has 148 valence electrons. The lowest BCUT2D eigenvalue weighted by molar-refractivity contribution is 0.0679. The molecule has 0 saturated carbocycles. The van der Waals surface area contributed by atoms with E-state index in [0.29, 0.717) is 6.61 Å². The largest absolute Gasteiger partial charge is 0.445 e. The minimum Gasteiger partial charge on any atom is -0.445 e. The van der Waals surface area contributed by atoms with Crippen LogP contribution in [0.4, 0.5) is 10.6 Å². The number of amides is 1. The normalized spacial score (nSPS) is 20.1. The number of aromatic nitrogens is 1. The fraction of sp³-hybridized carbons (Fsp3) is 0.478. The highest BCUT2D eigenvalue weighted by Crippen LogP contribution is 2.36. The van der Waals surface area contributed by atoms with Crippen molar-refractivity contribution in [3.8, 4) is 0 Å². The summed E-state index contributed by atoms with van der Waals surface area (Å²) in [6.07, 6.45) is 8.48. The van der Waals surface area contributed by atoms with Crippen molar-refractivity contribution >= 4 is 11.9 Å². The van der Waals surface area contributed by atoms with Crippen LogP contribution in [0.1, 0.15) is 55.7 Å². The van der Waals surface area contributed by atoms with Gasteiger partial charge in [0.2, 0.25) is 0 Å². The number of benzene rings is 1. The SMILES string of the molecule is O=C(OCc1ccccc1)N1CCCC[C@H]1c1cccnc1N1CCCCC1. The first-order valence-corrected chi connectivity index (χ1v) is 10.5. The van der Waals surface area contributed by atoms with E-state index in [1.807, 2.05) is 47.5 Å². The maximum Gasteiger partial charge on any atom is 0.410 e. The standard InChI is InChI=1S/C23H29N3O2/c27-23(28-18-19-10-3-1-4-11-19)26-17-8-5-13-21(26)20-12-9-14-24-22(20)25-15-6-2-7-16-25/h1,3-4,9-12,14,21H,2,5-8,13,15-18H2/t21-/m0/s1. The molecule has 4 rings (SSSR count). The van der Waals surface area contributed by atoms with Crippen LogP contribution in [0, 0.1) is 0 Å². The summed E-state index contributed by atoms with van der Waals surface area (Å²) in [6, 6.07) is 14.0. The molecule has 28 heavy (non-hydrogen) atoms. The van der Waals surface area contributed by atoms with Gasteiger partial charge >= 0.3 is 6.09 Å². The summed E-state index contributed by atoms with van der Waals surface area (Å²) in [4.78, 5) is 21.9. The number of hydrogen-bond donors (Lipinski definition) is 0. The smallest absolute Gasteiger partial charge is 0.410 e. The summed E-state index contributed by atoms with van der Waals surface area (Å²) in [5.41, 5.74) is 2.18. The number of anilines is 1. The first kappa shape index (κ1) is 18.8. The fourth-order valence-electron chi connectivity index (χ4n) is 4.32. The van der Waals surface area contributed by atoms with Crippen LogP contribution in [0.5, 0.6) is 0 Å². The summed E-state index contributed by atoms with van der Waals surface area (Å²) in [6.45, 7) is 3.16. The maximum atomic E-state index is 12.9. The van der Waals surface area contributed by atoms with E-state index < -0.39 is 0 Å². The third kappa shape index (κ3) is 4.29. The van der Waals surface area contributed by atoms with Gasteiger partial charge in [-0.25, -0.2) is 9.78 Å². The number of carbonyl (C=O) groups excluding carboxylic acids is 1. The zero-order chi connectivity index (χ0) is 19.2. The molecule has 0 aliphatic carbocycles. The average molecular weight is 380 g/mol. The molecule has 0 bridgehead atoms. The van der Waals surface area contributed by atoms with E-state index in [9.17, 15) is 4.79 Å². The second kappa shape index (κ2) is 9.09. The topological polar surface area (TPSA) is 45.7 Å². The Labute approximate surface area is 167 Å². The lowest BCUT2D eigenvalue weighted by Crippen LogP contribution is -2.40. The Morgan fingerprint density at radius 3 is 2.57 bits per heavy atom. The van der Waals surface area contributed by atoms with Crippen molar-refractivity contribution < 1.29 is 9.53 Å². The number of rotatable bonds is 4. The van der Waals surface area contributed by atoms with Crippen LogP contribution in [-0.2, 0) is 11.3 Å². The van der Waals surface area contributed by atoms with Crippen LogP contribution < -0.4 is 4.90 Å². The first-order chi connectivity index (χ1) is 13.8. The molecular formula is C23H29N3O2. The molecule has 0 N–H and O–H groups in total. The number of nitrogens with zero attached hydrogens (tertiary/aromatic N) is 3. The summed E-state index contributed by atoms with van der Waals surface area (Å²) in [5.74, 6) is 1.05. The second-order valence-electron chi connectivity index (χ2n) is 7.71. The van der Waals surface area contributed by atoms with Gasteiger partial charge in [-0.15, -0.1) is 0 Å². The number of hydrogen-bond acceptors (Lipinski definition) is 4. The van der Waals surface area contributed by atoms with Gasteiger partial charge in [-0.3, -0.25) is 0 Å². The van der Waals surface area contributed by atoms with Gasteiger partial charge in [0.05, 0.1) is 6.04 Å². The molecule has 5 heteroatoms. The first-order valence-electron chi connectivity index (χ1n) is 10.5. The Morgan fingerprint density at radius 1 is 0.964 bits per heavy atom. The number of piperidine rings is 2. The molecule has 0 unspecified atom stereocenters. The zero-order valence-electron chi connectivity index (χ0n) is 16.4. The van der Waals surface area contributed by atoms with E-state index >= 15 is 0 Å². The molecule has 2 aromatic rings. The molecule has 1 aromatic carbocycles. The van der Waals surface area contributed by atoms with Crippen LogP contribution in [0.2, 0.25) is 0 Å². The summed E-state index contributed by atoms with van der Waals surface area (Å²) in [7, 11) is 0. The maximum absolute atomic E-state index is 12.9. The molecule has 2 aliphatic heterocycles. The molecule has 1 amide bonds. The van der Waals surface area contributed by atoms with Gasteiger partial charge in [0.25, 0.3) is 0 Å². The molecule has 2 fully saturated rings. The van der Waals surface area contributed by atoms with Crippen molar-refractivity contribution in [1.82, 2.24) is 9.88 Å². The van der Waals surface area contributed by atoms with E-state index in [0.717, 1.165) is 50.3 Å². The summed E-state index contributed by atoms with van der Waals surface area (Å²) >= 11 is 0. The molecular weight excluding hydrogens is 350 g/mol. The van der Waals surface area contributed by atoms with Gasteiger partial charge in [-0.2, -0.15) is 0 Å². The average Bonchev–Trinajstić information content (AvgIpc) is 2.79. The number of likely N-dealkylation sites (tertiary alicyclic amines) is 1. The molecule has 1 aromatic heterocycles. The Kier molecular flexibility index (Phi) is 6.10. The van der Waals surface area contributed by atoms with Gasteiger partial charge in [0.15, 0.2) is 0 Å². The Hall–Kier alpha value is -2.56. The molecule has 2 saturated heterocycles. The van der Waals surface area contributed by atoms with Crippen molar-refractivity contribution in [1.29, 1.82) is 0 Å². The van der Waals surface area contributed by atoms with Crippen molar-refractivity contribution in [2.24, 2.45) is 0 Å². The lowest BCUT2D eigenvalue weighted by Gasteiger charge is -2.38. The van der Waals surface area contributed by atoms with Crippen LogP contribution in [0.15, 0.2) is 48.7 Å². The Balaban J connectivity index is 1.51. The molecule has 2 aliphatic rings. The Morgan fingerprint density at radius 2 is 1.75 bits per heavy atom. The van der Waals surface area contributed by atoms with E-state index in [2.05, 4.69) is 11.0 Å². The van der Waals surface area contributed by atoms with E-state index in [4.69, 9.17) is 9.72 Å². The molecule has 1 atom stereocenters. The van der Waals surface area contributed by atoms with Gasteiger partial charge in [0.1, 0.15) is 12.4 Å². The quantitative estimate of drug-likeness (QED) is 0.755. The molecule has 0 spiro atoms. The van der Waals surface area contributed by atoms with Gasteiger partial charge < -0.3 is 14.5 Å². The number of ether oxygens (including phenoxy) is 1. The predicted molar refractivity (Wildman–Crippen MR) is 110 cm³/mol. The van der Waals surface area contributed by atoms with Crippen LogP contribution in [0.3, 0.4) is 0 Å². The van der Waals surface area contributed by atoms with E-state index in [1.165, 1.54) is 24.8 Å². The minimum absolute atomic E-state index is 0.0441. The van der Waals surface area contributed by atoms with Crippen molar-refractivity contribution in [3.63, 3.8) is 0 Å². The highest BCUT2D eigenvalue weighted by molar-refractivity contribution is 5.69. The Bertz CT molecular complexity index is 774. The van der Waals surface area contributed by atoms with E-state index in [1.54, 1.807) is 0 Å². The number of carbonyl (C=O) groups is 1. The van der Waals surface area contributed by atoms with Crippen LogP contribution >= 0.6 is 0 Å². The van der Waals surface area contributed by atoms with E-state index in [-0.39, 0.29) is 12.1 Å². The monoisotopic (exact) mass is 379 g/mol. The van der Waals surface area contributed by atoms with Gasteiger partial charge in [-0.1, -0.05) is 36.4 Å². The summed E-state index contributed by atoms with van der Waals surface area (Å²) in [5, 5.41) is 0. The molecule has 3 heterocycles. The van der Waals surface area contributed by atoms with Crippen LogP contribution in [-0.4, -0.2) is 35.6 Å². The second-order valence-corrected chi connectivity index (χ2v) is 7.71. The lowest BCUT2D eigenvalue weighted by atomic mass is 9.95. The zero-order valence-corrected chi connectivity index (χ0v) is 16.4. The highest BCUT2D eigenvalue weighted by Gasteiger charge is 2.32. The minimum atomic E-state index is -0.220. The van der Waals surface area contributed by atoms with Crippen molar-refractivity contribution in [3.05, 3.63) is 59.8 Å². The number of pyridine rings is 1. The third-order valence-electron chi connectivity index (χ3n) is 5.77. The van der Waals surface area contributed by atoms with Crippen molar-refractivity contribution in [2.75, 3.05) is 24.5 Å². The van der Waals surface area contributed by atoms with Gasteiger partial charge in [-0.05, 0) is 50.2 Å². The molecule has 5 nitrogen and oxygen atoms in total. The summed E-state index contributed by atoms with van der Waals surface area (Å²) < 4.78 is 5.66. The third-order valence-corrected chi connectivity index (χ3v) is 5.77. The predicted octanol–water partition coefficient (Wildman–Crippen LogP) is 4.94. The van der Waals surface area contributed by atoms with Crippen molar-refractivity contribution in [2.45, 2.75) is 51.2 Å². The van der Waals surface area contributed by atoms with Crippen LogP contribution in [0.25, 0.3) is 0 Å². The fourth-order valence-corrected chi connectivity index (χ4v) is 4.32. The van der Waals surface area contributed by atoms with Gasteiger partial charge in [0, 0.05) is 31.4 Å². The molecule has 0 radical (unpaired) electrons.